The first kappa shape index (κ1) is 29.8. The fraction of sp³-hybridized carbons (Fsp3) is 0.926. The molecule has 0 heterocycles. The van der Waals surface area contributed by atoms with Crippen molar-refractivity contribution in [3.8, 4) is 0 Å². The largest absolute Gasteiger partial charge is 0.234 e. The van der Waals surface area contributed by atoms with E-state index in [9.17, 15) is 9.59 Å². The van der Waals surface area contributed by atoms with Gasteiger partial charge in [0.15, 0.2) is 0 Å². The molecule has 31 heavy (non-hydrogen) atoms. The van der Waals surface area contributed by atoms with Crippen LogP contribution < -0.4 is 0 Å². The van der Waals surface area contributed by atoms with E-state index in [0.29, 0.717) is 13.1 Å². The highest BCUT2D eigenvalue weighted by atomic mass is 16.1. The van der Waals surface area contributed by atoms with Crippen LogP contribution in [0.5, 0.6) is 0 Å². The third-order valence-electron chi connectivity index (χ3n) is 6.64. The molecule has 4 nitrogen and oxygen atoms in total. The zero-order chi connectivity index (χ0) is 22.9. The Morgan fingerprint density at radius 1 is 0.516 bits per heavy atom. The molecule has 0 aromatic carbocycles. The summed E-state index contributed by atoms with van der Waals surface area (Å²) in [6, 6.07) is 0. The molecule has 180 valence electrons. The Morgan fingerprint density at radius 3 is 1.32 bits per heavy atom. The number of unbranched alkanes of at least 4 members (excludes halogenated alkanes) is 14. The number of hydrogen-bond donors (Lipinski definition) is 0. The number of aliphatic imine (C=N–C) groups is 2. The molecule has 0 N–H and O–H groups in total. The van der Waals surface area contributed by atoms with Gasteiger partial charge in [-0.15, -0.1) is 0 Å². The summed E-state index contributed by atoms with van der Waals surface area (Å²) in [5, 5.41) is 0. The lowest BCUT2D eigenvalue weighted by Crippen LogP contribution is -2.25. The van der Waals surface area contributed by atoms with Crippen LogP contribution in [0, 0.1) is 5.41 Å². The van der Waals surface area contributed by atoms with Gasteiger partial charge in [-0.05, 0) is 31.1 Å². The van der Waals surface area contributed by atoms with E-state index in [-0.39, 0.29) is 5.41 Å². The lowest BCUT2D eigenvalue weighted by atomic mass is 9.74. The summed E-state index contributed by atoms with van der Waals surface area (Å²) in [4.78, 5) is 29.0. The number of rotatable bonds is 24. The van der Waals surface area contributed by atoms with E-state index in [1.165, 1.54) is 103 Å². The zero-order valence-electron chi connectivity index (χ0n) is 20.8. The van der Waals surface area contributed by atoms with E-state index in [1.54, 1.807) is 12.2 Å². The van der Waals surface area contributed by atoms with Gasteiger partial charge in [-0.2, -0.15) is 0 Å². The minimum absolute atomic E-state index is 0.0697. The fourth-order valence-electron chi connectivity index (χ4n) is 4.66. The van der Waals surface area contributed by atoms with Gasteiger partial charge < -0.3 is 0 Å². The van der Waals surface area contributed by atoms with E-state index in [0.717, 1.165) is 25.7 Å². The van der Waals surface area contributed by atoms with Crippen LogP contribution in [0.4, 0.5) is 0 Å². The van der Waals surface area contributed by atoms with Crippen molar-refractivity contribution < 1.29 is 9.59 Å². The lowest BCUT2D eigenvalue weighted by molar-refractivity contribution is 0.209. The first-order valence-electron chi connectivity index (χ1n) is 13.3. The first-order valence-corrected chi connectivity index (χ1v) is 13.3. The van der Waals surface area contributed by atoms with Crippen LogP contribution in [-0.2, 0) is 9.59 Å². The highest BCUT2D eigenvalue weighted by Gasteiger charge is 2.28. The van der Waals surface area contributed by atoms with Crippen LogP contribution in [0.1, 0.15) is 142 Å². The maximum Gasteiger partial charge on any atom is 0.234 e. The Kier molecular flexibility index (Phi) is 22.5. The van der Waals surface area contributed by atoms with Crippen molar-refractivity contribution in [3.05, 3.63) is 0 Å². The number of carbonyl (C=O) groups excluding carboxylic acids is 2. The van der Waals surface area contributed by atoms with Crippen molar-refractivity contribution in [2.45, 2.75) is 142 Å². The molecule has 0 radical (unpaired) electrons. The summed E-state index contributed by atoms with van der Waals surface area (Å²) in [5.74, 6) is 0. The maximum absolute atomic E-state index is 10.9. The molecule has 0 atom stereocenters. The van der Waals surface area contributed by atoms with Crippen LogP contribution in [0.15, 0.2) is 9.98 Å². The number of nitrogens with zero attached hydrogens (tertiary/aromatic N) is 2. The van der Waals surface area contributed by atoms with Crippen LogP contribution >= 0.6 is 0 Å². The smallest absolute Gasteiger partial charge is 0.211 e. The predicted molar refractivity (Wildman–Crippen MR) is 132 cm³/mol. The molecule has 0 aliphatic heterocycles. The van der Waals surface area contributed by atoms with Crippen LogP contribution in [0.2, 0.25) is 0 Å². The molecule has 0 aliphatic carbocycles. The Bertz CT molecular complexity index is 460. The van der Waals surface area contributed by atoms with Crippen molar-refractivity contribution >= 4 is 12.2 Å². The van der Waals surface area contributed by atoms with E-state index < -0.39 is 0 Å². The summed E-state index contributed by atoms with van der Waals surface area (Å²) < 4.78 is 0. The monoisotopic (exact) mass is 434 g/mol. The van der Waals surface area contributed by atoms with Gasteiger partial charge in [-0.3, -0.25) is 0 Å². The molecule has 0 aromatic heterocycles. The molecule has 0 fully saturated rings. The van der Waals surface area contributed by atoms with Gasteiger partial charge in [0.2, 0.25) is 12.2 Å². The van der Waals surface area contributed by atoms with Crippen LogP contribution in [-0.4, -0.2) is 25.2 Å². The maximum atomic E-state index is 10.9. The lowest BCUT2D eigenvalue weighted by Gasteiger charge is -2.32. The van der Waals surface area contributed by atoms with Crippen molar-refractivity contribution in [2.75, 3.05) is 13.1 Å². The second-order valence-corrected chi connectivity index (χ2v) is 9.43. The normalized spacial score (nSPS) is 11.2. The summed E-state index contributed by atoms with van der Waals surface area (Å²) in [6.45, 7) is 5.63. The van der Waals surface area contributed by atoms with Crippen LogP contribution in [0.25, 0.3) is 0 Å². The summed E-state index contributed by atoms with van der Waals surface area (Å²) in [5.41, 5.74) is 0.0697. The third kappa shape index (κ3) is 19.2. The Hall–Kier alpha value is -1.24. The quantitative estimate of drug-likeness (QED) is 0.0868. The Labute approximate surface area is 192 Å². The van der Waals surface area contributed by atoms with Crippen molar-refractivity contribution in [1.82, 2.24) is 0 Å². The molecule has 0 rings (SSSR count). The Balaban J connectivity index is 4.51. The van der Waals surface area contributed by atoms with E-state index in [2.05, 4.69) is 23.8 Å². The first-order chi connectivity index (χ1) is 15.2. The topological polar surface area (TPSA) is 58.9 Å². The number of isocyanates is 2. The van der Waals surface area contributed by atoms with Gasteiger partial charge in [0.1, 0.15) is 0 Å². The van der Waals surface area contributed by atoms with Gasteiger partial charge in [-0.1, -0.05) is 117 Å². The highest BCUT2D eigenvalue weighted by molar-refractivity contribution is 5.33. The van der Waals surface area contributed by atoms with Gasteiger partial charge in [0.25, 0.3) is 0 Å². The summed E-state index contributed by atoms with van der Waals surface area (Å²) >= 11 is 0. The predicted octanol–water partition coefficient (Wildman–Crippen LogP) is 8.49. The summed E-state index contributed by atoms with van der Waals surface area (Å²) in [7, 11) is 0. The van der Waals surface area contributed by atoms with Gasteiger partial charge >= 0.3 is 0 Å². The molecule has 0 aliphatic rings. The zero-order valence-corrected chi connectivity index (χ0v) is 20.8. The van der Waals surface area contributed by atoms with Crippen molar-refractivity contribution in [1.29, 1.82) is 0 Å². The second kappa shape index (κ2) is 23.4. The second-order valence-electron chi connectivity index (χ2n) is 9.43. The van der Waals surface area contributed by atoms with Gasteiger partial charge in [0.05, 0.1) is 13.1 Å². The van der Waals surface area contributed by atoms with E-state index in [1.807, 2.05) is 0 Å². The molecular weight excluding hydrogens is 384 g/mol. The fourth-order valence-corrected chi connectivity index (χ4v) is 4.66. The average Bonchev–Trinajstić information content (AvgIpc) is 2.78. The average molecular weight is 435 g/mol. The molecular formula is C27H50N2O2. The SMILES string of the molecule is CCCCCCCCCCC(CCCCCCCCCC)(CCCN=C=O)CN=C=O. The molecule has 0 bridgehead atoms. The third-order valence-corrected chi connectivity index (χ3v) is 6.64. The van der Waals surface area contributed by atoms with E-state index >= 15 is 0 Å². The van der Waals surface area contributed by atoms with Gasteiger partial charge in [-0.25, -0.2) is 19.6 Å². The van der Waals surface area contributed by atoms with E-state index in [4.69, 9.17) is 0 Å². The standard InChI is InChI=1S/C27H50N2O2/c1-3-5-7-9-11-13-15-17-20-27(24-29-26-31,22-19-23-28-25-30)21-18-16-14-12-10-8-6-4-2/h3-24H2,1-2H3. The summed E-state index contributed by atoms with van der Waals surface area (Å²) in [6.07, 6.45) is 28.5. The molecule has 0 unspecified atom stereocenters. The molecule has 4 heteroatoms. The molecule has 0 saturated heterocycles. The van der Waals surface area contributed by atoms with Crippen molar-refractivity contribution in [3.63, 3.8) is 0 Å². The van der Waals surface area contributed by atoms with Crippen LogP contribution in [0.3, 0.4) is 0 Å². The molecule has 0 spiro atoms. The Morgan fingerprint density at radius 2 is 0.903 bits per heavy atom. The molecule has 0 saturated carbocycles. The minimum atomic E-state index is 0.0697. The van der Waals surface area contributed by atoms with Crippen molar-refractivity contribution in [2.24, 2.45) is 15.4 Å². The highest BCUT2D eigenvalue weighted by Crippen LogP contribution is 2.37. The molecule has 0 amide bonds. The minimum Gasteiger partial charge on any atom is -0.211 e. The van der Waals surface area contributed by atoms with Gasteiger partial charge in [0, 0.05) is 0 Å². The molecule has 0 aromatic rings. The number of hydrogen-bond acceptors (Lipinski definition) is 4.